The van der Waals surface area contributed by atoms with Crippen molar-refractivity contribution in [2.75, 3.05) is 6.54 Å². The van der Waals surface area contributed by atoms with Crippen molar-refractivity contribution in [3.63, 3.8) is 0 Å². The van der Waals surface area contributed by atoms with E-state index in [4.69, 9.17) is 0 Å². The Morgan fingerprint density at radius 1 is 1.75 bits per heavy atom. The van der Waals surface area contributed by atoms with E-state index in [-0.39, 0.29) is 5.91 Å². The van der Waals surface area contributed by atoms with Crippen molar-refractivity contribution in [2.45, 2.75) is 20.3 Å². The summed E-state index contributed by atoms with van der Waals surface area (Å²) >= 11 is 0. The molecule has 0 saturated carbocycles. The number of nitrogens with zero attached hydrogens (tertiary/aromatic N) is 1. The first-order valence-electron chi connectivity index (χ1n) is 4.04. The predicted octanol–water partition coefficient (Wildman–Crippen LogP) is 0.858. The molecule has 0 atom stereocenters. The van der Waals surface area contributed by atoms with Crippen molar-refractivity contribution in [1.29, 1.82) is 0 Å². The molecule has 0 bridgehead atoms. The molecule has 0 saturated heterocycles. The third kappa shape index (κ3) is 1.84. The molecule has 0 aromatic carbocycles. The Bertz CT molecular complexity index is 267. The summed E-state index contributed by atoms with van der Waals surface area (Å²) in [6.07, 6.45) is 2.47. The maximum Gasteiger partial charge on any atom is 0.269 e. The predicted molar refractivity (Wildman–Crippen MR) is 45.9 cm³/mol. The second kappa shape index (κ2) is 3.90. The van der Waals surface area contributed by atoms with E-state index in [0.717, 1.165) is 12.1 Å². The van der Waals surface area contributed by atoms with Gasteiger partial charge in [0.25, 0.3) is 5.91 Å². The summed E-state index contributed by atoms with van der Waals surface area (Å²) in [5.74, 6) is -0.0770. The number of aromatic nitrogens is 2. The van der Waals surface area contributed by atoms with E-state index in [1.165, 1.54) is 6.33 Å². The lowest BCUT2D eigenvalue weighted by atomic mass is 10.3. The molecular weight excluding hydrogens is 154 g/mol. The van der Waals surface area contributed by atoms with Gasteiger partial charge in [-0.1, -0.05) is 6.92 Å². The van der Waals surface area contributed by atoms with Crippen LogP contribution in [0.15, 0.2) is 6.33 Å². The standard InChI is InChI=1S/C8H13N3O/c1-3-4-9-8(12)7-6(2)10-5-11-7/h5H,3-4H2,1-2H3,(H,9,12)(H,10,11). The Balaban J connectivity index is 2.59. The van der Waals surface area contributed by atoms with Crippen LogP contribution in [0.4, 0.5) is 0 Å². The molecule has 66 valence electrons. The van der Waals surface area contributed by atoms with E-state index in [0.29, 0.717) is 12.2 Å². The average Bonchev–Trinajstić information content (AvgIpc) is 2.47. The lowest BCUT2D eigenvalue weighted by Gasteiger charge is -2.00. The molecular formula is C8H13N3O. The molecule has 0 aliphatic carbocycles. The van der Waals surface area contributed by atoms with Gasteiger partial charge in [0.2, 0.25) is 0 Å². The van der Waals surface area contributed by atoms with Crippen LogP contribution in [0.25, 0.3) is 0 Å². The zero-order chi connectivity index (χ0) is 8.97. The van der Waals surface area contributed by atoms with Gasteiger partial charge in [-0.25, -0.2) is 4.98 Å². The van der Waals surface area contributed by atoms with Crippen molar-refractivity contribution in [3.05, 3.63) is 17.7 Å². The molecule has 0 unspecified atom stereocenters. The second-order valence-electron chi connectivity index (χ2n) is 2.62. The van der Waals surface area contributed by atoms with Gasteiger partial charge in [-0.2, -0.15) is 0 Å². The molecule has 2 N–H and O–H groups in total. The van der Waals surface area contributed by atoms with Crippen LogP contribution in [0, 0.1) is 6.92 Å². The minimum absolute atomic E-state index is 0.0770. The zero-order valence-electron chi connectivity index (χ0n) is 7.35. The zero-order valence-corrected chi connectivity index (χ0v) is 7.35. The lowest BCUT2D eigenvalue weighted by molar-refractivity contribution is 0.0948. The molecule has 4 heteroatoms. The van der Waals surface area contributed by atoms with E-state index in [1.807, 2.05) is 6.92 Å². The summed E-state index contributed by atoms with van der Waals surface area (Å²) in [4.78, 5) is 18.0. The minimum atomic E-state index is -0.0770. The van der Waals surface area contributed by atoms with Crippen molar-refractivity contribution in [1.82, 2.24) is 15.3 Å². The highest BCUT2D eigenvalue weighted by Gasteiger charge is 2.08. The van der Waals surface area contributed by atoms with Crippen LogP contribution in [-0.4, -0.2) is 22.4 Å². The van der Waals surface area contributed by atoms with E-state index in [9.17, 15) is 4.79 Å². The largest absolute Gasteiger partial charge is 0.351 e. The Morgan fingerprint density at radius 3 is 3.00 bits per heavy atom. The second-order valence-corrected chi connectivity index (χ2v) is 2.62. The summed E-state index contributed by atoms with van der Waals surface area (Å²) in [6, 6.07) is 0. The first kappa shape index (κ1) is 8.77. The van der Waals surface area contributed by atoms with E-state index in [1.54, 1.807) is 6.92 Å². The minimum Gasteiger partial charge on any atom is -0.351 e. The highest BCUT2D eigenvalue weighted by atomic mass is 16.1. The van der Waals surface area contributed by atoms with Crippen LogP contribution in [0.1, 0.15) is 29.5 Å². The summed E-state index contributed by atoms with van der Waals surface area (Å²) < 4.78 is 0. The molecule has 0 aliphatic heterocycles. The van der Waals surface area contributed by atoms with Crippen molar-refractivity contribution in [2.24, 2.45) is 0 Å². The number of aromatic amines is 1. The Morgan fingerprint density at radius 2 is 2.50 bits per heavy atom. The van der Waals surface area contributed by atoms with Gasteiger partial charge in [-0.15, -0.1) is 0 Å². The number of hydrogen-bond acceptors (Lipinski definition) is 2. The highest BCUT2D eigenvalue weighted by molar-refractivity contribution is 5.93. The van der Waals surface area contributed by atoms with Crippen LogP contribution in [0.5, 0.6) is 0 Å². The fourth-order valence-corrected chi connectivity index (χ4v) is 0.919. The molecule has 0 aliphatic rings. The third-order valence-electron chi connectivity index (χ3n) is 1.59. The van der Waals surface area contributed by atoms with Gasteiger partial charge >= 0.3 is 0 Å². The third-order valence-corrected chi connectivity index (χ3v) is 1.59. The fraction of sp³-hybridized carbons (Fsp3) is 0.500. The molecule has 1 aromatic heterocycles. The van der Waals surface area contributed by atoms with Crippen molar-refractivity contribution in [3.8, 4) is 0 Å². The Labute approximate surface area is 71.4 Å². The van der Waals surface area contributed by atoms with Gasteiger partial charge < -0.3 is 10.3 Å². The number of amides is 1. The molecule has 0 radical (unpaired) electrons. The number of aryl methyl sites for hydroxylation is 1. The monoisotopic (exact) mass is 167 g/mol. The molecule has 1 aromatic rings. The number of rotatable bonds is 3. The molecule has 0 spiro atoms. The normalized spacial score (nSPS) is 9.83. The lowest BCUT2D eigenvalue weighted by Crippen LogP contribution is -2.24. The maximum absolute atomic E-state index is 11.3. The molecule has 1 amide bonds. The van der Waals surface area contributed by atoms with E-state index >= 15 is 0 Å². The van der Waals surface area contributed by atoms with Crippen LogP contribution >= 0.6 is 0 Å². The maximum atomic E-state index is 11.3. The molecule has 12 heavy (non-hydrogen) atoms. The van der Waals surface area contributed by atoms with Crippen LogP contribution < -0.4 is 5.32 Å². The van der Waals surface area contributed by atoms with Crippen molar-refractivity contribution < 1.29 is 4.79 Å². The number of carbonyl (C=O) groups excluding carboxylic acids is 1. The first-order valence-corrected chi connectivity index (χ1v) is 4.04. The van der Waals surface area contributed by atoms with Crippen molar-refractivity contribution >= 4 is 5.91 Å². The fourth-order valence-electron chi connectivity index (χ4n) is 0.919. The number of imidazole rings is 1. The Hall–Kier alpha value is -1.32. The van der Waals surface area contributed by atoms with Gasteiger partial charge in [0.1, 0.15) is 5.69 Å². The molecule has 0 fully saturated rings. The number of nitrogens with one attached hydrogen (secondary N) is 2. The van der Waals surface area contributed by atoms with E-state index < -0.39 is 0 Å². The summed E-state index contributed by atoms with van der Waals surface area (Å²) in [5.41, 5.74) is 1.30. The smallest absolute Gasteiger partial charge is 0.269 e. The number of H-pyrrole nitrogens is 1. The summed E-state index contributed by atoms with van der Waals surface area (Å²) in [7, 11) is 0. The van der Waals surface area contributed by atoms with Gasteiger partial charge in [0, 0.05) is 6.54 Å². The van der Waals surface area contributed by atoms with Gasteiger partial charge in [-0.05, 0) is 13.3 Å². The topological polar surface area (TPSA) is 57.8 Å². The van der Waals surface area contributed by atoms with E-state index in [2.05, 4.69) is 15.3 Å². The molecule has 1 rings (SSSR count). The Kier molecular flexibility index (Phi) is 2.85. The van der Waals surface area contributed by atoms with Gasteiger partial charge in [0.15, 0.2) is 0 Å². The first-order chi connectivity index (χ1) is 5.75. The number of carbonyl (C=O) groups is 1. The van der Waals surface area contributed by atoms with Crippen LogP contribution in [0.2, 0.25) is 0 Å². The van der Waals surface area contributed by atoms with Crippen LogP contribution in [-0.2, 0) is 0 Å². The quantitative estimate of drug-likeness (QED) is 0.701. The molecule has 4 nitrogen and oxygen atoms in total. The summed E-state index contributed by atoms with van der Waals surface area (Å²) in [5, 5.41) is 2.77. The highest BCUT2D eigenvalue weighted by Crippen LogP contribution is 1.99. The number of hydrogen-bond donors (Lipinski definition) is 2. The van der Waals surface area contributed by atoms with Gasteiger partial charge in [-0.3, -0.25) is 4.79 Å². The van der Waals surface area contributed by atoms with Gasteiger partial charge in [0.05, 0.1) is 12.0 Å². The summed E-state index contributed by atoms with van der Waals surface area (Å²) in [6.45, 7) is 4.52. The SMILES string of the molecule is CCCNC(=O)c1[nH]cnc1C. The average molecular weight is 167 g/mol. The van der Waals surface area contributed by atoms with Crippen LogP contribution in [0.3, 0.4) is 0 Å². The molecule has 1 heterocycles.